The number of aromatic nitrogens is 1. The van der Waals surface area contributed by atoms with Gasteiger partial charge in [0.15, 0.2) is 4.34 Å². The van der Waals surface area contributed by atoms with Gasteiger partial charge in [0.25, 0.3) is 0 Å². The summed E-state index contributed by atoms with van der Waals surface area (Å²) in [6.07, 6.45) is 6.82. The predicted octanol–water partition coefficient (Wildman–Crippen LogP) is 5.61. The van der Waals surface area contributed by atoms with Crippen LogP contribution in [0.3, 0.4) is 0 Å². The molecule has 2 aromatic rings. The average Bonchev–Trinajstić information content (AvgIpc) is 3.12. The summed E-state index contributed by atoms with van der Waals surface area (Å²) in [6.45, 7) is 0. The van der Waals surface area contributed by atoms with E-state index in [0.29, 0.717) is 11.8 Å². The molecule has 4 aliphatic carbocycles. The lowest BCUT2D eigenvalue weighted by atomic mass is 9.54. The van der Waals surface area contributed by atoms with E-state index in [-0.39, 0.29) is 5.91 Å². The number of thioether (sulfide) groups is 1. The molecule has 27 heavy (non-hydrogen) atoms. The Labute approximate surface area is 176 Å². The van der Waals surface area contributed by atoms with Crippen molar-refractivity contribution >= 4 is 44.9 Å². The number of rotatable bonds is 5. The number of hydrogen-bond donors (Lipinski definition) is 1. The molecule has 0 radical (unpaired) electrons. The number of amides is 1. The van der Waals surface area contributed by atoms with E-state index in [4.69, 9.17) is 0 Å². The summed E-state index contributed by atoms with van der Waals surface area (Å²) in [5.74, 6) is 4.01. The van der Waals surface area contributed by atoms with Gasteiger partial charge in [0.1, 0.15) is 0 Å². The Hall–Kier alpha value is -0.850. The van der Waals surface area contributed by atoms with Crippen LogP contribution in [-0.4, -0.2) is 22.7 Å². The minimum Gasteiger partial charge on any atom is -0.352 e. The molecule has 6 heteroatoms. The van der Waals surface area contributed by atoms with E-state index >= 15 is 0 Å². The summed E-state index contributed by atoms with van der Waals surface area (Å²) in [5, 5.41) is 5.46. The fraction of sp³-hybridized carbons (Fsp3) is 0.524. The van der Waals surface area contributed by atoms with Gasteiger partial charge >= 0.3 is 0 Å². The Balaban J connectivity index is 1.16. The van der Waals surface area contributed by atoms with Crippen molar-refractivity contribution in [1.82, 2.24) is 10.3 Å². The minimum absolute atomic E-state index is 0.179. The lowest BCUT2D eigenvalue weighted by molar-refractivity contribution is -0.122. The lowest BCUT2D eigenvalue weighted by Gasteiger charge is -2.54. The highest BCUT2D eigenvalue weighted by molar-refractivity contribution is 9.10. The van der Waals surface area contributed by atoms with E-state index in [0.717, 1.165) is 43.7 Å². The van der Waals surface area contributed by atoms with Crippen molar-refractivity contribution in [2.45, 2.75) is 42.5 Å². The minimum atomic E-state index is 0.179. The van der Waals surface area contributed by atoms with E-state index in [1.807, 2.05) is 12.1 Å². The van der Waals surface area contributed by atoms with Gasteiger partial charge in [0, 0.05) is 21.5 Å². The van der Waals surface area contributed by atoms with Crippen LogP contribution in [0.25, 0.3) is 11.3 Å². The molecule has 1 amide bonds. The van der Waals surface area contributed by atoms with Crippen LogP contribution >= 0.6 is 39.0 Å². The number of nitrogens with one attached hydrogen (secondary N) is 1. The van der Waals surface area contributed by atoms with Crippen LogP contribution in [0, 0.1) is 23.7 Å². The number of thiazole rings is 1. The maximum atomic E-state index is 12.6. The maximum Gasteiger partial charge on any atom is 0.230 e. The van der Waals surface area contributed by atoms with Crippen LogP contribution in [0.1, 0.15) is 32.1 Å². The van der Waals surface area contributed by atoms with E-state index < -0.39 is 0 Å². The molecular formula is C21H23BrN2OS2. The standard InChI is InChI=1S/C21H23BrN2OS2/c22-17-3-1-14(2-4-17)18-10-26-21(23-18)27-11-19(25)24-20-15-6-12-5-13(8-15)9-16(20)7-12/h1-4,10,12-13,15-16,20H,5-9,11H2,(H,24,25). The fourth-order valence-electron chi connectivity index (χ4n) is 5.59. The van der Waals surface area contributed by atoms with Crippen molar-refractivity contribution in [3.05, 3.63) is 34.1 Å². The van der Waals surface area contributed by atoms with Crippen molar-refractivity contribution in [3.63, 3.8) is 0 Å². The second-order valence-electron chi connectivity index (χ2n) is 8.32. The first-order valence-electron chi connectivity index (χ1n) is 9.77. The van der Waals surface area contributed by atoms with E-state index in [9.17, 15) is 4.79 Å². The molecule has 4 saturated carbocycles. The van der Waals surface area contributed by atoms with Gasteiger partial charge in [0.2, 0.25) is 5.91 Å². The summed E-state index contributed by atoms with van der Waals surface area (Å²) < 4.78 is 2.03. The highest BCUT2D eigenvalue weighted by Gasteiger charge is 2.48. The summed E-state index contributed by atoms with van der Waals surface area (Å²) in [7, 11) is 0. The molecule has 1 aromatic heterocycles. The monoisotopic (exact) mass is 462 g/mol. The van der Waals surface area contributed by atoms with Crippen LogP contribution in [-0.2, 0) is 4.79 Å². The smallest absolute Gasteiger partial charge is 0.230 e. The van der Waals surface area contributed by atoms with Crippen molar-refractivity contribution in [2.24, 2.45) is 23.7 Å². The summed E-state index contributed by atoms with van der Waals surface area (Å²) >= 11 is 6.64. The molecule has 0 unspecified atom stereocenters. The van der Waals surface area contributed by atoms with Gasteiger partial charge in [0.05, 0.1) is 11.4 Å². The molecule has 1 aromatic carbocycles. The van der Waals surface area contributed by atoms with E-state index in [2.05, 4.69) is 43.7 Å². The van der Waals surface area contributed by atoms with Crippen molar-refractivity contribution < 1.29 is 4.79 Å². The zero-order valence-corrected chi connectivity index (χ0v) is 18.3. The van der Waals surface area contributed by atoms with E-state index in [1.165, 1.54) is 32.1 Å². The highest BCUT2D eigenvalue weighted by Crippen LogP contribution is 2.53. The Morgan fingerprint density at radius 2 is 1.78 bits per heavy atom. The van der Waals surface area contributed by atoms with Crippen LogP contribution in [0.4, 0.5) is 0 Å². The van der Waals surface area contributed by atoms with Crippen LogP contribution in [0.15, 0.2) is 38.5 Å². The van der Waals surface area contributed by atoms with Crippen LogP contribution in [0.5, 0.6) is 0 Å². The predicted molar refractivity (Wildman–Crippen MR) is 115 cm³/mol. The maximum absolute atomic E-state index is 12.6. The fourth-order valence-corrected chi connectivity index (χ4v) is 7.50. The second kappa shape index (κ2) is 7.53. The molecule has 3 nitrogen and oxygen atoms in total. The highest BCUT2D eigenvalue weighted by atomic mass is 79.9. The van der Waals surface area contributed by atoms with Crippen LogP contribution in [0.2, 0.25) is 0 Å². The zero-order chi connectivity index (χ0) is 18.4. The Bertz CT molecular complexity index is 807. The first kappa shape index (κ1) is 18.2. The number of benzene rings is 1. The first-order valence-corrected chi connectivity index (χ1v) is 12.4. The SMILES string of the molecule is O=C(CSc1nc(-c2ccc(Br)cc2)cs1)NC1C2CC3CC(C2)CC1C3. The molecular weight excluding hydrogens is 440 g/mol. The van der Waals surface area contributed by atoms with Gasteiger partial charge < -0.3 is 5.32 Å². The van der Waals surface area contributed by atoms with E-state index in [1.54, 1.807) is 23.1 Å². The Morgan fingerprint density at radius 3 is 2.44 bits per heavy atom. The van der Waals surface area contributed by atoms with Gasteiger partial charge in [-0.15, -0.1) is 11.3 Å². The Morgan fingerprint density at radius 1 is 1.11 bits per heavy atom. The average molecular weight is 463 g/mol. The van der Waals surface area contributed by atoms with Gasteiger partial charge in [-0.2, -0.15) is 0 Å². The number of carbonyl (C=O) groups is 1. The van der Waals surface area contributed by atoms with Gasteiger partial charge in [-0.05, 0) is 67.9 Å². The third-order valence-electron chi connectivity index (χ3n) is 6.50. The number of hydrogen-bond acceptors (Lipinski definition) is 4. The number of carbonyl (C=O) groups excluding carboxylic acids is 1. The van der Waals surface area contributed by atoms with Crippen molar-refractivity contribution in [2.75, 3.05) is 5.75 Å². The van der Waals surface area contributed by atoms with Gasteiger partial charge in [-0.25, -0.2) is 4.98 Å². The summed E-state index contributed by atoms with van der Waals surface area (Å²) in [6, 6.07) is 8.61. The van der Waals surface area contributed by atoms with Crippen LogP contribution < -0.4 is 5.32 Å². The third-order valence-corrected chi connectivity index (χ3v) is 9.05. The molecule has 6 rings (SSSR count). The van der Waals surface area contributed by atoms with Crippen molar-refractivity contribution in [1.29, 1.82) is 0 Å². The quantitative estimate of drug-likeness (QED) is 0.587. The molecule has 0 aliphatic heterocycles. The molecule has 4 aliphatic rings. The molecule has 0 saturated heterocycles. The normalized spacial score (nSPS) is 31.2. The molecule has 0 spiro atoms. The number of halogens is 1. The lowest BCUT2D eigenvalue weighted by Crippen LogP contribution is -2.56. The largest absolute Gasteiger partial charge is 0.352 e. The summed E-state index contributed by atoms with van der Waals surface area (Å²) in [4.78, 5) is 17.3. The summed E-state index contributed by atoms with van der Waals surface area (Å²) in [5.41, 5.74) is 2.09. The topological polar surface area (TPSA) is 42.0 Å². The molecule has 142 valence electrons. The first-order chi connectivity index (χ1) is 13.1. The number of nitrogens with zero attached hydrogens (tertiary/aromatic N) is 1. The molecule has 1 heterocycles. The molecule has 1 N–H and O–H groups in total. The van der Waals surface area contributed by atoms with Crippen molar-refractivity contribution in [3.8, 4) is 11.3 Å². The molecule has 4 bridgehead atoms. The second-order valence-corrected chi connectivity index (χ2v) is 11.3. The zero-order valence-electron chi connectivity index (χ0n) is 15.1. The Kier molecular flexibility index (Phi) is 5.07. The van der Waals surface area contributed by atoms with Gasteiger partial charge in [-0.1, -0.05) is 39.8 Å². The van der Waals surface area contributed by atoms with Gasteiger partial charge in [-0.3, -0.25) is 4.79 Å². The molecule has 4 fully saturated rings. The third kappa shape index (κ3) is 3.85. The molecule has 0 atom stereocenters.